The maximum Gasteiger partial charge on any atom is 0.251 e. The highest BCUT2D eigenvalue weighted by molar-refractivity contribution is 5.99. The zero-order chi connectivity index (χ0) is 18.0. The Hall–Kier alpha value is -2.96. The molecule has 0 radical (unpaired) electrons. The topological polar surface area (TPSA) is 75.4 Å². The van der Waals surface area contributed by atoms with Crippen molar-refractivity contribution in [3.63, 3.8) is 0 Å². The highest BCUT2D eigenvalue weighted by atomic mass is 19.1. The number of halogens is 2. The monoisotopic (exact) mass is 345 g/mol. The number of nitrogens with one attached hydrogen (secondary N) is 1. The van der Waals surface area contributed by atoms with Gasteiger partial charge in [-0.3, -0.25) is 9.59 Å². The molecule has 0 saturated carbocycles. The molecular weight excluding hydrogens is 328 g/mol. The number of anilines is 1. The zero-order valence-corrected chi connectivity index (χ0v) is 13.3. The van der Waals surface area contributed by atoms with Crippen LogP contribution in [-0.4, -0.2) is 30.9 Å². The normalized spacial score (nSPS) is 16.7. The molecule has 2 amide bonds. The number of rotatable bonds is 4. The summed E-state index contributed by atoms with van der Waals surface area (Å²) in [5.74, 6) is -2.18. The summed E-state index contributed by atoms with van der Waals surface area (Å²) in [6, 6.07) is 9.42. The van der Waals surface area contributed by atoms with Crippen LogP contribution in [0.1, 0.15) is 27.1 Å². The fraction of sp³-hybridized carbons (Fsp3) is 0.222. The Bertz CT molecular complexity index is 826. The van der Waals surface area contributed by atoms with Crippen molar-refractivity contribution < 1.29 is 18.4 Å². The van der Waals surface area contributed by atoms with Crippen molar-refractivity contribution in [2.75, 3.05) is 18.0 Å². The Morgan fingerprint density at radius 2 is 1.88 bits per heavy atom. The van der Waals surface area contributed by atoms with Crippen LogP contribution in [0.15, 0.2) is 42.5 Å². The first-order chi connectivity index (χ1) is 11.9. The average Bonchev–Trinajstić information content (AvgIpc) is 3.03. The molecule has 0 aliphatic carbocycles. The van der Waals surface area contributed by atoms with Gasteiger partial charge in [0.2, 0.25) is 5.91 Å². The van der Waals surface area contributed by atoms with Crippen LogP contribution in [0, 0.1) is 11.6 Å². The van der Waals surface area contributed by atoms with E-state index in [9.17, 15) is 18.4 Å². The molecule has 1 heterocycles. The number of primary amides is 1. The molecule has 1 atom stereocenters. The molecule has 0 aromatic heterocycles. The van der Waals surface area contributed by atoms with Crippen LogP contribution >= 0.6 is 0 Å². The van der Waals surface area contributed by atoms with E-state index in [0.29, 0.717) is 30.8 Å². The summed E-state index contributed by atoms with van der Waals surface area (Å²) in [7, 11) is 0. The zero-order valence-electron chi connectivity index (χ0n) is 13.3. The molecule has 1 aliphatic heterocycles. The van der Waals surface area contributed by atoms with Crippen molar-refractivity contribution in [3.8, 4) is 0 Å². The smallest absolute Gasteiger partial charge is 0.251 e. The second-order valence-electron chi connectivity index (χ2n) is 5.95. The van der Waals surface area contributed by atoms with Gasteiger partial charge in [0.25, 0.3) is 5.91 Å². The first kappa shape index (κ1) is 16.9. The molecule has 130 valence electrons. The molecule has 3 N–H and O–H groups in total. The van der Waals surface area contributed by atoms with Crippen molar-refractivity contribution in [2.45, 2.75) is 12.5 Å². The quantitative estimate of drug-likeness (QED) is 0.891. The van der Waals surface area contributed by atoms with Crippen molar-refractivity contribution in [3.05, 3.63) is 65.2 Å². The van der Waals surface area contributed by atoms with Crippen molar-refractivity contribution in [2.24, 2.45) is 5.73 Å². The van der Waals surface area contributed by atoms with E-state index in [0.717, 1.165) is 6.07 Å². The number of hydrogen-bond acceptors (Lipinski definition) is 3. The van der Waals surface area contributed by atoms with E-state index in [1.54, 1.807) is 17.0 Å². The lowest BCUT2D eigenvalue weighted by molar-refractivity contribution is 0.0940. The summed E-state index contributed by atoms with van der Waals surface area (Å²) in [5, 5.41) is 2.86. The van der Waals surface area contributed by atoms with Gasteiger partial charge in [0.1, 0.15) is 11.6 Å². The summed E-state index contributed by atoms with van der Waals surface area (Å²) in [6.45, 7) is 0.971. The van der Waals surface area contributed by atoms with E-state index in [-0.39, 0.29) is 17.5 Å². The lowest BCUT2D eigenvalue weighted by Gasteiger charge is -2.19. The van der Waals surface area contributed by atoms with E-state index in [1.165, 1.54) is 24.3 Å². The Morgan fingerprint density at radius 3 is 2.60 bits per heavy atom. The predicted molar refractivity (Wildman–Crippen MR) is 89.4 cm³/mol. The van der Waals surface area contributed by atoms with Gasteiger partial charge in [-0.2, -0.15) is 0 Å². The first-order valence-electron chi connectivity index (χ1n) is 7.85. The first-order valence-corrected chi connectivity index (χ1v) is 7.85. The Labute approximate surface area is 143 Å². The van der Waals surface area contributed by atoms with Crippen LogP contribution in [-0.2, 0) is 0 Å². The highest BCUT2D eigenvalue weighted by Crippen LogP contribution is 2.24. The number of carbonyl (C=O) groups excluding carboxylic acids is 2. The third-order valence-corrected chi connectivity index (χ3v) is 4.18. The molecule has 1 aliphatic rings. The van der Waals surface area contributed by atoms with Crippen molar-refractivity contribution in [1.82, 2.24) is 5.32 Å². The van der Waals surface area contributed by atoms with Crippen LogP contribution in [0.2, 0.25) is 0 Å². The number of benzene rings is 2. The third kappa shape index (κ3) is 3.76. The minimum absolute atomic E-state index is 0.172. The number of carbonyl (C=O) groups is 2. The van der Waals surface area contributed by atoms with Crippen molar-refractivity contribution in [1.29, 1.82) is 0 Å². The number of nitrogens with zero attached hydrogens (tertiary/aromatic N) is 1. The molecule has 2 aromatic rings. The summed E-state index contributed by atoms with van der Waals surface area (Å²) in [6.07, 6.45) is 0.637. The van der Waals surface area contributed by atoms with Gasteiger partial charge in [0.05, 0.1) is 5.69 Å². The molecule has 2 aromatic carbocycles. The van der Waals surface area contributed by atoms with Gasteiger partial charge in [0.15, 0.2) is 0 Å². The van der Waals surface area contributed by atoms with E-state index >= 15 is 0 Å². The lowest BCUT2D eigenvalue weighted by Crippen LogP contribution is -2.37. The summed E-state index contributed by atoms with van der Waals surface area (Å²) >= 11 is 0. The number of hydrogen-bond donors (Lipinski definition) is 2. The van der Waals surface area contributed by atoms with Gasteiger partial charge in [-0.15, -0.1) is 0 Å². The molecule has 1 saturated heterocycles. The van der Waals surface area contributed by atoms with E-state index in [2.05, 4.69) is 5.32 Å². The SMILES string of the molecule is NC(=O)c1cccc(C(=O)N[C@H]2CCN(c3ccc(F)cc3F)C2)c1. The molecule has 1 fully saturated rings. The third-order valence-electron chi connectivity index (χ3n) is 4.18. The Kier molecular flexibility index (Phi) is 4.65. The lowest BCUT2D eigenvalue weighted by atomic mass is 10.1. The summed E-state index contributed by atoms with van der Waals surface area (Å²) < 4.78 is 26.9. The summed E-state index contributed by atoms with van der Waals surface area (Å²) in [4.78, 5) is 25.3. The average molecular weight is 345 g/mol. The van der Waals surface area contributed by atoms with Crippen LogP contribution in [0.25, 0.3) is 0 Å². The second-order valence-corrected chi connectivity index (χ2v) is 5.95. The molecular formula is C18H17F2N3O2. The van der Waals surface area contributed by atoms with Crippen LogP contribution < -0.4 is 16.0 Å². The molecule has 25 heavy (non-hydrogen) atoms. The molecule has 0 spiro atoms. The maximum atomic E-state index is 13.9. The molecule has 0 bridgehead atoms. The van der Waals surface area contributed by atoms with Gasteiger partial charge in [0, 0.05) is 36.3 Å². The fourth-order valence-electron chi connectivity index (χ4n) is 2.92. The van der Waals surface area contributed by atoms with E-state index < -0.39 is 17.5 Å². The van der Waals surface area contributed by atoms with Crippen LogP contribution in [0.5, 0.6) is 0 Å². The van der Waals surface area contributed by atoms with Crippen molar-refractivity contribution >= 4 is 17.5 Å². The minimum atomic E-state index is -0.625. The predicted octanol–water partition coefficient (Wildman–Crippen LogP) is 2.07. The fourth-order valence-corrected chi connectivity index (χ4v) is 2.92. The molecule has 7 heteroatoms. The van der Waals surface area contributed by atoms with Gasteiger partial charge in [-0.25, -0.2) is 8.78 Å². The van der Waals surface area contributed by atoms with Gasteiger partial charge < -0.3 is 16.0 Å². The molecule has 3 rings (SSSR count). The molecule has 0 unspecified atom stereocenters. The standard InChI is InChI=1S/C18H17F2N3O2/c19-13-4-5-16(15(20)9-13)23-7-6-14(10-23)22-18(25)12-3-1-2-11(8-12)17(21)24/h1-5,8-9,14H,6-7,10H2,(H2,21,24)(H,22,25)/t14-/m0/s1. The van der Waals surface area contributed by atoms with Crippen LogP contribution in [0.3, 0.4) is 0 Å². The largest absolute Gasteiger partial charge is 0.367 e. The Balaban J connectivity index is 1.66. The highest BCUT2D eigenvalue weighted by Gasteiger charge is 2.26. The Morgan fingerprint density at radius 1 is 1.12 bits per heavy atom. The van der Waals surface area contributed by atoms with Gasteiger partial charge in [-0.1, -0.05) is 6.07 Å². The number of nitrogens with two attached hydrogens (primary N) is 1. The minimum Gasteiger partial charge on any atom is -0.367 e. The van der Waals surface area contributed by atoms with E-state index in [4.69, 9.17) is 5.73 Å². The number of amides is 2. The second kappa shape index (κ2) is 6.88. The summed E-state index contributed by atoms with van der Waals surface area (Å²) in [5.41, 5.74) is 6.12. The van der Waals surface area contributed by atoms with E-state index in [1.807, 2.05) is 0 Å². The maximum absolute atomic E-state index is 13.9. The van der Waals surface area contributed by atoms with Gasteiger partial charge in [-0.05, 0) is 36.8 Å². The molecule has 5 nitrogen and oxygen atoms in total. The van der Waals surface area contributed by atoms with Crippen LogP contribution in [0.4, 0.5) is 14.5 Å². The van der Waals surface area contributed by atoms with Gasteiger partial charge >= 0.3 is 0 Å².